The largest absolute Gasteiger partial charge is 0.352 e. The number of hydrogen-bond acceptors (Lipinski definition) is 6. The van der Waals surface area contributed by atoms with Gasteiger partial charge in [-0.15, -0.1) is 0 Å². The van der Waals surface area contributed by atoms with Gasteiger partial charge in [-0.2, -0.15) is 4.98 Å². The van der Waals surface area contributed by atoms with Gasteiger partial charge in [0.05, 0.1) is 5.56 Å². The normalized spacial score (nSPS) is 23.4. The minimum atomic E-state index is 0.253. The number of hydrogen-bond donors (Lipinski definition) is 0. The molecule has 0 radical (unpaired) electrons. The Morgan fingerprint density at radius 2 is 2.04 bits per heavy atom. The van der Waals surface area contributed by atoms with Gasteiger partial charge in [0.1, 0.15) is 5.82 Å². The predicted molar refractivity (Wildman–Crippen MR) is 88.3 cm³/mol. The summed E-state index contributed by atoms with van der Waals surface area (Å²) in [6.07, 6.45) is 2.81. The van der Waals surface area contributed by atoms with Crippen LogP contribution >= 0.6 is 0 Å². The second-order valence-corrected chi connectivity index (χ2v) is 6.65. The first-order valence-corrected chi connectivity index (χ1v) is 8.43. The maximum atomic E-state index is 12.4. The maximum Gasteiger partial charge on any atom is 0.261 e. The molecule has 1 saturated heterocycles. The summed E-state index contributed by atoms with van der Waals surface area (Å²) in [5.41, 5.74) is 0.841. The molecule has 2 aliphatic rings. The minimum Gasteiger partial charge on any atom is -0.352 e. The molecule has 2 atom stereocenters. The Bertz CT molecular complexity index is 751. The number of amides is 1. The molecule has 0 unspecified atom stereocenters. The van der Waals surface area contributed by atoms with Crippen LogP contribution in [0, 0.1) is 18.8 Å². The number of carbonyl (C=O) groups excluding carboxylic acids is 1. The molecule has 1 amide bonds. The Morgan fingerprint density at radius 3 is 2.67 bits per heavy atom. The van der Waals surface area contributed by atoms with Crippen LogP contribution in [-0.4, -0.2) is 52.1 Å². The zero-order valence-corrected chi connectivity index (χ0v) is 14.0. The molecule has 3 heterocycles. The number of nitrogens with zero attached hydrogens (tertiary/aromatic N) is 5. The molecule has 2 aromatic heterocycles. The van der Waals surface area contributed by atoms with Crippen LogP contribution in [0.1, 0.15) is 19.2 Å². The van der Waals surface area contributed by atoms with Crippen LogP contribution in [-0.2, 0) is 4.79 Å². The van der Waals surface area contributed by atoms with Gasteiger partial charge in [0.2, 0.25) is 5.91 Å². The summed E-state index contributed by atoms with van der Waals surface area (Å²) in [6.45, 7) is 6.95. The smallest absolute Gasteiger partial charge is 0.261 e. The summed E-state index contributed by atoms with van der Waals surface area (Å²) < 4.78 is 5.30. The number of carbonyl (C=O) groups is 1. The first-order chi connectivity index (χ1) is 11.6. The first kappa shape index (κ1) is 15.1. The average Bonchev–Trinajstić information content (AvgIpc) is 3.19. The van der Waals surface area contributed by atoms with Crippen LogP contribution in [0.2, 0.25) is 0 Å². The van der Waals surface area contributed by atoms with Crippen molar-refractivity contribution in [3.05, 3.63) is 24.2 Å². The topological polar surface area (TPSA) is 75.4 Å². The summed E-state index contributed by atoms with van der Waals surface area (Å²) >= 11 is 0. The van der Waals surface area contributed by atoms with E-state index in [0.29, 0.717) is 23.5 Å². The van der Waals surface area contributed by atoms with Crippen molar-refractivity contribution in [2.45, 2.75) is 20.3 Å². The highest BCUT2D eigenvalue weighted by molar-refractivity contribution is 5.82. The fourth-order valence-corrected chi connectivity index (χ4v) is 3.26. The number of anilines is 1. The van der Waals surface area contributed by atoms with Gasteiger partial charge in [-0.05, 0) is 31.4 Å². The van der Waals surface area contributed by atoms with Crippen molar-refractivity contribution in [2.75, 3.05) is 31.1 Å². The molecule has 2 fully saturated rings. The Morgan fingerprint density at radius 1 is 1.29 bits per heavy atom. The van der Waals surface area contributed by atoms with Gasteiger partial charge in [-0.3, -0.25) is 4.79 Å². The van der Waals surface area contributed by atoms with Crippen molar-refractivity contribution < 1.29 is 9.32 Å². The molecular formula is C17H21N5O2. The summed E-state index contributed by atoms with van der Waals surface area (Å²) in [6, 6.07) is 3.81. The summed E-state index contributed by atoms with van der Waals surface area (Å²) in [7, 11) is 0. The molecule has 0 N–H and O–H groups in total. The van der Waals surface area contributed by atoms with Crippen molar-refractivity contribution in [3.63, 3.8) is 0 Å². The fraction of sp³-hybridized carbons (Fsp3) is 0.529. The molecule has 126 valence electrons. The predicted octanol–water partition coefficient (Wildman–Crippen LogP) is 1.74. The Kier molecular flexibility index (Phi) is 3.70. The highest BCUT2D eigenvalue weighted by Gasteiger charge is 2.42. The SMILES string of the molecule is Cc1noc(-c2cccnc2N2CCN(C(=O)[C@H]3C[C@@H]3C)CC2)n1. The van der Waals surface area contributed by atoms with E-state index in [2.05, 4.69) is 26.9 Å². The second-order valence-electron chi connectivity index (χ2n) is 6.65. The van der Waals surface area contributed by atoms with Crippen LogP contribution < -0.4 is 4.90 Å². The quantitative estimate of drug-likeness (QED) is 0.855. The number of aryl methyl sites for hydroxylation is 1. The van der Waals surface area contributed by atoms with E-state index < -0.39 is 0 Å². The van der Waals surface area contributed by atoms with Crippen LogP contribution in [0.15, 0.2) is 22.9 Å². The fourth-order valence-electron chi connectivity index (χ4n) is 3.26. The number of rotatable bonds is 3. The van der Waals surface area contributed by atoms with Gasteiger partial charge >= 0.3 is 0 Å². The summed E-state index contributed by atoms with van der Waals surface area (Å²) in [4.78, 5) is 25.4. The van der Waals surface area contributed by atoms with E-state index in [-0.39, 0.29) is 5.92 Å². The molecule has 4 rings (SSSR count). The van der Waals surface area contributed by atoms with Crippen LogP contribution in [0.25, 0.3) is 11.5 Å². The van der Waals surface area contributed by atoms with E-state index >= 15 is 0 Å². The highest BCUT2D eigenvalue weighted by atomic mass is 16.5. The van der Waals surface area contributed by atoms with Crippen molar-refractivity contribution >= 4 is 11.7 Å². The van der Waals surface area contributed by atoms with Crippen molar-refractivity contribution in [1.82, 2.24) is 20.0 Å². The van der Waals surface area contributed by atoms with Gasteiger partial charge in [-0.1, -0.05) is 12.1 Å². The van der Waals surface area contributed by atoms with Crippen LogP contribution in [0.3, 0.4) is 0 Å². The lowest BCUT2D eigenvalue weighted by molar-refractivity contribution is -0.133. The molecule has 0 spiro atoms. The molecule has 7 nitrogen and oxygen atoms in total. The van der Waals surface area contributed by atoms with Gasteiger partial charge in [0, 0.05) is 38.3 Å². The van der Waals surface area contributed by atoms with Crippen molar-refractivity contribution in [3.8, 4) is 11.5 Å². The first-order valence-electron chi connectivity index (χ1n) is 8.43. The van der Waals surface area contributed by atoms with Crippen LogP contribution in [0.4, 0.5) is 5.82 Å². The summed E-state index contributed by atoms with van der Waals surface area (Å²) in [5.74, 6) is 3.06. The van der Waals surface area contributed by atoms with E-state index in [1.165, 1.54) is 0 Å². The maximum absolute atomic E-state index is 12.4. The number of pyridine rings is 1. The van der Waals surface area contributed by atoms with E-state index in [0.717, 1.165) is 44.0 Å². The molecule has 1 aliphatic carbocycles. The lowest BCUT2D eigenvalue weighted by atomic mass is 10.2. The Hall–Kier alpha value is -2.44. The zero-order valence-electron chi connectivity index (χ0n) is 14.0. The van der Waals surface area contributed by atoms with Gasteiger partial charge in [-0.25, -0.2) is 4.98 Å². The summed E-state index contributed by atoms with van der Waals surface area (Å²) in [5, 5.41) is 3.86. The molecule has 2 aromatic rings. The van der Waals surface area contributed by atoms with E-state index in [4.69, 9.17) is 4.52 Å². The van der Waals surface area contributed by atoms with E-state index in [9.17, 15) is 4.79 Å². The Balaban J connectivity index is 1.49. The van der Waals surface area contributed by atoms with E-state index in [1.807, 2.05) is 17.0 Å². The second kappa shape index (κ2) is 5.89. The third kappa shape index (κ3) is 2.74. The molecule has 0 aromatic carbocycles. The van der Waals surface area contributed by atoms with E-state index in [1.54, 1.807) is 13.1 Å². The Labute approximate surface area is 140 Å². The van der Waals surface area contributed by atoms with Crippen LogP contribution in [0.5, 0.6) is 0 Å². The third-order valence-electron chi connectivity index (χ3n) is 4.86. The minimum absolute atomic E-state index is 0.253. The monoisotopic (exact) mass is 327 g/mol. The van der Waals surface area contributed by atoms with Gasteiger partial charge in [0.15, 0.2) is 5.82 Å². The molecular weight excluding hydrogens is 306 g/mol. The molecule has 0 bridgehead atoms. The third-order valence-corrected chi connectivity index (χ3v) is 4.86. The molecule has 7 heteroatoms. The molecule has 1 aliphatic heterocycles. The van der Waals surface area contributed by atoms with Crippen molar-refractivity contribution in [1.29, 1.82) is 0 Å². The highest BCUT2D eigenvalue weighted by Crippen LogP contribution is 2.39. The lowest BCUT2D eigenvalue weighted by Gasteiger charge is -2.36. The molecule has 24 heavy (non-hydrogen) atoms. The average molecular weight is 327 g/mol. The number of piperazine rings is 1. The van der Waals surface area contributed by atoms with Crippen molar-refractivity contribution in [2.24, 2.45) is 11.8 Å². The zero-order chi connectivity index (χ0) is 16.7. The van der Waals surface area contributed by atoms with Gasteiger partial charge in [0.25, 0.3) is 5.89 Å². The lowest BCUT2D eigenvalue weighted by Crippen LogP contribution is -2.49. The van der Waals surface area contributed by atoms with Gasteiger partial charge < -0.3 is 14.3 Å². The molecule has 1 saturated carbocycles. The standard InChI is InChI=1S/C17H21N5O2/c1-11-10-14(11)17(23)22-8-6-21(7-9-22)15-13(4-3-5-18-15)16-19-12(2)20-24-16/h3-5,11,14H,6-10H2,1-2H3/t11-,14-/m0/s1. The number of aromatic nitrogens is 3.